The molecule has 0 fully saturated rings. The Kier molecular flexibility index (Phi) is 5.90. The molecule has 1 amide bonds. The van der Waals surface area contributed by atoms with Crippen molar-refractivity contribution in [1.29, 1.82) is 0 Å². The van der Waals surface area contributed by atoms with E-state index in [0.717, 1.165) is 18.4 Å². The third-order valence-electron chi connectivity index (χ3n) is 3.39. The van der Waals surface area contributed by atoms with Gasteiger partial charge in [-0.15, -0.1) is 0 Å². The maximum atomic E-state index is 12.8. The summed E-state index contributed by atoms with van der Waals surface area (Å²) in [5.74, 6) is -0.416. The van der Waals surface area contributed by atoms with Crippen LogP contribution in [0, 0.1) is 5.82 Å². The quantitative estimate of drug-likeness (QED) is 0.803. The molecule has 2 aromatic rings. The lowest BCUT2D eigenvalue weighted by Crippen LogP contribution is -2.31. The molecular weight excluding hydrogens is 277 g/mol. The lowest BCUT2D eigenvalue weighted by Gasteiger charge is -2.12. The molecule has 0 aliphatic carbocycles. The van der Waals surface area contributed by atoms with Crippen molar-refractivity contribution in [1.82, 2.24) is 5.32 Å². The predicted molar refractivity (Wildman–Crippen MR) is 87.8 cm³/mol. The van der Waals surface area contributed by atoms with Crippen LogP contribution in [0.3, 0.4) is 0 Å². The summed E-state index contributed by atoms with van der Waals surface area (Å²) in [6.07, 6.45) is 4.98. The summed E-state index contributed by atoms with van der Waals surface area (Å²) in [5.41, 5.74) is 2.07. The van der Waals surface area contributed by atoms with E-state index < -0.39 is 0 Å². The van der Waals surface area contributed by atoms with Gasteiger partial charge in [0.1, 0.15) is 5.82 Å². The molecule has 0 aromatic heterocycles. The average Bonchev–Trinajstić information content (AvgIpc) is 2.53. The first kappa shape index (κ1) is 16.0. The molecule has 0 radical (unpaired) electrons. The van der Waals surface area contributed by atoms with Crippen molar-refractivity contribution in [3.63, 3.8) is 0 Å². The van der Waals surface area contributed by atoms with Crippen molar-refractivity contribution in [2.75, 3.05) is 0 Å². The Balaban J connectivity index is 1.77. The van der Waals surface area contributed by atoms with E-state index in [0.29, 0.717) is 0 Å². The highest BCUT2D eigenvalue weighted by Crippen LogP contribution is 2.06. The molecule has 2 nitrogen and oxygen atoms in total. The molecule has 1 N–H and O–H groups in total. The molecule has 0 aliphatic heterocycles. The number of carbonyl (C=O) groups is 1. The van der Waals surface area contributed by atoms with Crippen molar-refractivity contribution in [2.24, 2.45) is 0 Å². The lowest BCUT2D eigenvalue weighted by atomic mass is 10.1. The highest BCUT2D eigenvalue weighted by molar-refractivity contribution is 5.91. The van der Waals surface area contributed by atoms with Crippen LogP contribution in [0.1, 0.15) is 24.5 Å². The first-order valence-electron chi connectivity index (χ1n) is 7.41. The van der Waals surface area contributed by atoms with Crippen LogP contribution >= 0.6 is 0 Å². The van der Waals surface area contributed by atoms with E-state index in [1.54, 1.807) is 18.2 Å². The Bertz CT molecular complexity index is 620. The smallest absolute Gasteiger partial charge is 0.244 e. The molecule has 2 rings (SSSR count). The molecule has 0 unspecified atom stereocenters. The molecule has 22 heavy (non-hydrogen) atoms. The number of rotatable bonds is 6. The molecule has 0 saturated heterocycles. The van der Waals surface area contributed by atoms with E-state index in [1.165, 1.54) is 23.8 Å². The minimum atomic E-state index is -0.281. The third kappa shape index (κ3) is 5.52. The molecule has 0 spiro atoms. The van der Waals surface area contributed by atoms with E-state index in [4.69, 9.17) is 0 Å². The second kappa shape index (κ2) is 8.13. The van der Waals surface area contributed by atoms with Gasteiger partial charge in [0.25, 0.3) is 0 Å². The number of nitrogens with one attached hydrogen (secondary N) is 1. The van der Waals surface area contributed by atoms with E-state index >= 15 is 0 Å². The van der Waals surface area contributed by atoms with Crippen LogP contribution in [-0.2, 0) is 11.2 Å². The number of halogens is 1. The van der Waals surface area contributed by atoms with Crippen molar-refractivity contribution in [3.05, 3.63) is 77.6 Å². The second-order valence-corrected chi connectivity index (χ2v) is 5.32. The van der Waals surface area contributed by atoms with Crippen molar-refractivity contribution in [3.8, 4) is 0 Å². The first-order chi connectivity index (χ1) is 10.6. The number of amides is 1. The molecule has 0 heterocycles. The van der Waals surface area contributed by atoms with Gasteiger partial charge < -0.3 is 5.32 Å². The fraction of sp³-hybridized carbons (Fsp3) is 0.211. The summed E-state index contributed by atoms with van der Waals surface area (Å²) >= 11 is 0. The van der Waals surface area contributed by atoms with Gasteiger partial charge in [-0.25, -0.2) is 4.39 Å². The zero-order chi connectivity index (χ0) is 15.8. The van der Waals surface area contributed by atoms with Crippen LogP contribution in [0.15, 0.2) is 60.7 Å². The molecule has 0 bridgehead atoms. The predicted octanol–water partition coefficient (Wildman–Crippen LogP) is 3.98. The SMILES string of the molecule is C[C@H](CCc1ccccc1)NC(=O)/C=C/c1ccc(F)cc1. The largest absolute Gasteiger partial charge is 0.350 e. The van der Waals surface area contributed by atoms with Gasteiger partial charge in [0.05, 0.1) is 0 Å². The van der Waals surface area contributed by atoms with E-state index in [1.807, 2.05) is 25.1 Å². The van der Waals surface area contributed by atoms with Crippen LogP contribution in [-0.4, -0.2) is 11.9 Å². The molecular formula is C19H20FNO. The Morgan fingerprint density at radius 2 is 1.82 bits per heavy atom. The third-order valence-corrected chi connectivity index (χ3v) is 3.39. The lowest BCUT2D eigenvalue weighted by molar-refractivity contribution is -0.117. The van der Waals surface area contributed by atoms with Crippen LogP contribution in [0.2, 0.25) is 0 Å². The number of hydrogen-bond acceptors (Lipinski definition) is 1. The average molecular weight is 297 g/mol. The summed E-state index contributed by atoms with van der Waals surface area (Å²) in [5, 5.41) is 2.93. The van der Waals surface area contributed by atoms with E-state index in [2.05, 4.69) is 17.4 Å². The minimum absolute atomic E-state index is 0.102. The van der Waals surface area contributed by atoms with Gasteiger partial charge in [0.15, 0.2) is 0 Å². The zero-order valence-electron chi connectivity index (χ0n) is 12.6. The Labute approximate surface area is 130 Å². The summed E-state index contributed by atoms with van der Waals surface area (Å²) in [7, 11) is 0. The summed E-state index contributed by atoms with van der Waals surface area (Å²) in [4.78, 5) is 11.8. The van der Waals surface area contributed by atoms with Crippen LogP contribution in [0.25, 0.3) is 6.08 Å². The summed E-state index contributed by atoms with van der Waals surface area (Å²) < 4.78 is 12.8. The van der Waals surface area contributed by atoms with Crippen molar-refractivity contribution >= 4 is 12.0 Å². The van der Waals surface area contributed by atoms with Crippen LogP contribution in [0.4, 0.5) is 4.39 Å². The van der Waals surface area contributed by atoms with Crippen molar-refractivity contribution < 1.29 is 9.18 Å². The van der Waals surface area contributed by atoms with Gasteiger partial charge >= 0.3 is 0 Å². The highest BCUT2D eigenvalue weighted by Gasteiger charge is 2.05. The summed E-state index contributed by atoms with van der Waals surface area (Å²) in [6, 6.07) is 16.3. The summed E-state index contributed by atoms with van der Waals surface area (Å²) in [6.45, 7) is 1.99. The molecule has 1 atom stereocenters. The number of hydrogen-bond donors (Lipinski definition) is 1. The second-order valence-electron chi connectivity index (χ2n) is 5.32. The molecule has 114 valence electrons. The maximum Gasteiger partial charge on any atom is 0.244 e. The molecule has 3 heteroatoms. The van der Waals surface area contributed by atoms with E-state index in [9.17, 15) is 9.18 Å². The first-order valence-corrected chi connectivity index (χ1v) is 7.41. The Morgan fingerprint density at radius 3 is 2.50 bits per heavy atom. The Morgan fingerprint density at radius 1 is 1.14 bits per heavy atom. The van der Waals surface area contributed by atoms with Gasteiger partial charge in [-0.1, -0.05) is 42.5 Å². The Hall–Kier alpha value is -2.42. The monoisotopic (exact) mass is 297 g/mol. The normalized spacial score (nSPS) is 12.3. The zero-order valence-corrected chi connectivity index (χ0v) is 12.6. The minimum Gasteiger partial charge on any atom is -0.350 e. The van der Waals surface area contributed by atoms with Gasteiger partial charge in [-0.2, -0.15) is 0 Å². The number of carbonyl (C=O) groups excluding carboxylic acids is 1. The topological polar surface area (TPSA) is 29.1 Å². The fourth-order valence-electron chi connectivity index (χ4n) is 2.14. The van der Waals surface area contributed by atoms with Gasteiger partial charge in [0.2, 0.25) is 5.91 Å². The van der Waals surface area contributed by atoms with Gasteiger partial charge in [-0.05, 0) is 49.1 Å². The van der Waals surface area contributed by atoms with Crippen LogP contribution < -0.4 is 5.32 Å². The van der Waals surface area contributed by atoms with E-state index in [-0.39, 0.29) is 17.8 Å². The van der Waals surface area contributed by atoms with Crippen LogP contribution in [0.5, 0.6) is 0 Å². The fourth-order valence-corrected chi connectivity index (χ4v) is 2.14. The molecule has 0 aliphatic rings. The van der Waals surface area contributed by atoms with Gasteiger partial charge in [0, 0.05) is 12.1 Å². The van der Waals surface area contributed by atoms with Gasteiger partial charge in [-0.3, -0.25) is 4.79 Å². The molecule has 2 aromatic carbocycles. The standard InChI is InChI=1S/C19H20FNO/c1-15(7-8-16-5-3-2-4-6-16)21-19(22)14-11-17-9-12-18(20)13-10-17/h2-6,9-15H,7-8H2,1H3,(H,21,22)/b14-11+/t15-/m1/s1. The highest BCUT2D eigenvalue weighted by atomic mass is 19.1. The number of benzene rings is 2. The molecule has 0 saturated carbocycles. The maximum absolute atomic E-state index is 12.8. The van der Waals surface area contributed by atoms with Crippen molar-refractivity contribution in [2.45, 2.75) is 25.8 Å². The number of aryl methyl sites for hydroxylation is 1.